The van der Waals surface area contributed by atoms with Crippen molar-refractivity contribution in [2.24, 2.45) is 0 Å². The predicted octanol–water partition coefficient (Wildman–Crippen LogP) is 4.34. The van der Waals surface area contributed by atoms with Crippen molar-refractivity contribution in [2.45, 2.75) is 34.1 Å². The van der Waals surface area contributed by atoms with E-state index in [1.807, 2.05) is 86.9 Å². The zero-order valence-corrected chi connectivity index (χ0v) is 14.7. The minimum atomic E-state index is -0.0324. The lowest BCUT2D eigenvalue weighted by Crippen LogP contribution is -2.13. The maximum Gasteiger partial charge on any atom is 0.205 e. The molecule has 0 aliphatic carbocycles. The van der Waals surface area contributed by atoms with Crippen LogP contribution in [0.2, 0.25) is 0 Å². The van der Waals surface area contributed by atoms with Gasteiger partial charge in [-0.2, -0.15) is 0 Å². The largest absolute Gasteiger partial charge is 0.290 e. The molecule has 0 aliphatic rings. The van der Waals surface area contributed by atoms with Crippen LogP contribution in [-0.2, 0) is 6.42 Å². The molecule has 0 saturated heterocycles. The number of carbonyl (C=O) groups is 1. The summed E-state index contributed by atoms with van der Waals surface area (Å²) in [5.41, 5.74) is 3.00. The van der Waals surface area contributed by atoms with Gasteiger partial charge in [-0.3, -0.25) is 9.36 Å². The first-order chi connectivity index (χ1) is 11.7. The molecule has 1 heterocycles. The van der Waals surface area contributed by atoms with Crippen molar-refractivity contribution >= 4 is 5.78 Å². The van der Waals surface area contributed by atoms with Gasteiger partial charge in [-0.05, 0) is 31.0 Å². The molecule has 0 atom stereocenters. The van der Waals surface area contributed by atoms with E-state index >= 15 is 0 Å². The van der Waals surface area contributed by atoms with Gasteiger partial charge in [0.2, 0.25) is 11.6 Å². The van der Waals surface area contributed by atoms with Gasteiger partial charge in [0.1, 0.15) is 5.82 Å². The molecule has 0 amide bonds. The van der Waals surface area contributed by atoms with Crippen LogP contribution in [-0.4, -0.2) is 20.5 Å². The molecular weight excluding hydrogens is 298 g/mol. The van der Waals surface area contributed by atoms with E-state index in [2.05, 4.69) is 10.2 Å². The SMILES string of the molecule is CC.Cc1ccccc1-n1c(C)nnc1C(=O)Cc1ccccc1. The molecule has 4 nitrogen and oxygen atoms in total. The average molecular weight is 321 g/mol. The summed E-state index contributed by atoms with van der Waals surface area (Å²) in [6.45, 7) is 7.87. The third-order valence-electron chi connectivity index (χ3n) is 3.64. The van der Waals surface area contributed by atoms with E-state index in [9.17, 15) is 4.79 Å². The molecule has 2 aromatic carbocycles. The molecule has 0 saturated carbocycles. The van der Waals surface area contributed by atoms with Crippen molar-refractivity contribution < 1.29 is 4.79 Å². The minimum Gasteiger partial charge on any atom is -0.290 e. The van der Waals surface area contributed by atoms with Gasteiger partial charge in [0.15, 0.2) is 0 Å². The summed E-state index contributed by atoms with van der Waals surface area (Å²) < 4.78 is 1.83. The molecular formula is C20H23N3O. The van der Waals surface area contributed by atoms with Crippen LogP contribution in [0.15, 0.2) is 54.6 Å². The van der Waals surface area contributed by atoms with Gasteiger partial charge < -0.3 is 0 Å². The Kier molecular flexibility index (Phi) is 6.01. The Bertz CT molecular complexity index is 807. The van der Waals surface area contributed by atoms with Crippen molar-refractivity contribution in [2.75, 3.05) is 0 Å². The number of benzene rings is 2. The third-order valence-corrected chi connectivity index (χ3v) is 3.64. The van der Waals surface area contributed by atoms with Gasteiger partial charge in [0, 0.05) is 6.42 Å². The normalized spacial score (nSPS) is 10.0. The number of rotatable bonds is 4. The van der Waals surface area contributed by atoms with Gasteiger partial charge in [-0.25, -0.2) is 0 Å². The van der Waals surface area contributed by atoms with Crippen molar-refractivity contribution in [3.05, 3.63) is 77.4 Å². The monoisotopic (exact) mass is 321 g/mol. The number of para-hydroxylation sites is 1. The molecule has 3 aromatic rings. The van der Waals surface area contributed by atoms with Crippen LogP contribution in [0.3, 0.4) is 0 Å². The standard InChI is InChI=1S/C18H17N3O.C2H6/c1-13-8-6-7-11-16(13)21-14(2)19-20-18(21)17(22)12-15-9-4-3-5-10-15;1-2/h3-11H,12H2,1-2H3;1-2H3. The lowest BCUT2D eigenvalue weighted by molar-refractivity contribution is 0.0981. The summed E-state index contributed by atoms with van der Waals surface area (Å²) in [5.74, 6) is 1.07. The van der Waals surface area contributed by atoms with E-state index in [4.69, 9.17) is 0 Å². The Morgan fingerprint density at radius 1 is 0.917 bits per heavy atom. The lowest BCUT2D eigenvalue weighted by Gasteiger charge is -2.10. The Morgan fingerprint density at radius 3 is 2.21 bits per heavy atom. The van der Waals surface area contributed by atoms with Crippen LogP contribution in [0, 0.1) is 13.8 Å². The molecule has 0 unspecified atom stereocenters. The second-order valence-corrected chi connectivity index (χ2v) is 5.28. The fraction of sp³-hybridized carbons (Fsp3) is 0.250. The number of Topliss-reactive ketones (excluding diaryl/α,β-unsaturated/α-hetero) is 1. The summed E-state index contributed by atoms with van der Waals surface area (Å²) in [7, 11) is 0. The molecule has 3 rings (SSSR count). The number of hydrogen-bond donors (Lipinski definition) is 0. The number of aryl methyl sites for hydroxylation is 2. The zero-order chi connectivity index (χ0) is 17.5. The Morgan fingerprint density at radius 2 is 1.54 bits per heavy atom. The molecule has 1 aromatic heterocycles. The fourth-order valence-electron chi connectivity index (χ4n) is 2.51. The second-order valence-electron chi connectivity index (χ2n) is 5.28. The number of ketones is 1. The highest BCUT2D eigenvalue weighted by Gasteiger charge is 2.19. The van der Waals surface area contributed by atoms with Crippen LogP contribution >= 0.6 is 0 Å². The molecule has 124 valence electrons. The fourth-order valence-corrected chi connectivity index (χ4v) is 2.51. The summed E-state index contributed by atoms with van der Waals surface area (Å²) in [6, 6.07) is 17.6. The van der Waals surface area contributed by atoms with Crippen molar-refractivity contribution in [1.82, 2.24) is 14.8 Å². The van der Waals surface area contributed by atoms with Crippen LogP contribution in [0.25, 0.3) is 5.69 Å². The number of hydrogen-bond acceptors (Lipinski definition) is 3. The first-order valence-corrected chi connectivity index (χ1v) is 8.22. The van der Waals surface area contributed by atoms with E-state index in [-0.39, 0.29) is 5.78 Å². The van der Waals surface area contributed by atoms with E-state index in [1.165, 1.54) is 0 Å². The van der Waals surface area contributed by atoms with E-state index in [0.717, 1.165) is 16.8 Å². The predicted molar refractivity (Wildman–Crippen MR) is 96.7 cm³/mol. The van der Waals surface area contributed by atoms with Crippen LogP contribution in [0.5, 0.6) is 0 Å². The smallest absolute Gasteiger partial charge is 0.205 e. The third kappa shape index (κ3) is 3.77. The number of carbonyl (C=O) groups excluding carboxylic acids is 1. The second kappa shape index (κ2) is 8.20. The molecule has 24 heavy (non-hydrogen) atoms. The van der Waals surface area contributed by atoms with Crippen molar-refractivity contribution in [1.29, 1.82) is 0 Å². The quantitative estimate of drug-likeness (QED) is 0.672. The van der Waals surface area contributed by atoms with Crippen LogP contribution < -0.4 is 0 Å². The highest BCUT2D eigenvalue weighted by atomic mass is 16.1. The zero-order valence-electron chi connectivity index (χ0n) is 14.7. The van der Waals surface area contributed by atoms with Crippen molar-refractivity contribution in [3.8, 4) is 5.69 Å². The lowest BCUT2D eigenvalue weighted by atomic mass is 10.1. The number of aromatic nitrogens is 3. The van der Waals surface area contributed by atoms with Gasteiger partial charge in [0.25, 0.3) is 0 Å². The maximum atomic E-state index is 12.6. The first-order valence-electron chi connectivity index (χ1n) is 8.22. The molecule has 4 heteroatoms. The molecule has 0 aliphatic heterocycles. The van der Waals surface area contributed by atoms with Gasteiger partial charge in [-0.15, -0.1) is 10.2 Å². The van der Waals surface area contributed by atoms with E-state index < -0.39 is 0 Å². The van der Waals surface area contributed by atoms with Crippen LogP contribution in [0.1, 0.15) is 41.4 Å². The Labute approximate surface area is 143 Å². The van der Waals surface area contributed by atoms with Gasteiger partial charge >= 0.3 is 0 Å². The number of nitrogens with zero attached hydrogens (tertiary/aromatic N) is 3. The van der Waals surface area contributed by atoms with Gasteiger partial charge in [0.05, 0.1) is 5.69 Å². The Balaban J connectivity index is 0.00000100. The van der Waals surface area contributed by atoms with E-state index in [0.29, 0.717) is 18.1 Å². The van der Waals surface area contributed by atoms with Gasteiger partial charge in [-0.1, -0.05) is 62.4 Å². The highest BCUT2D eigenvalue weighted by Crippen LogP contribution is 2.18. The summed E-state index contributed by atoms with van der Waals surface area (Å²) in [6.07, 6.45) is 0.324. The maximum absolute atomic E-state index is 12.6. The Hall–Kier alpha value is -2.75. The molecule has 0 bridgehead atoms. The average Bonchev–Trinajstić information content (AvgIpc) is 3.00. The topological polar surface area (TPSA) is 47.8 Å². The minimum absolute atomic E-state index is 0.0324. The molecule has 0 radical (unpaired) electrons. The summed E-state index contributed by atoms with van der Waals surface area (Å²) >= 11 is 0. The molecule has 0 spiro atoms. The molecule has 0 fully saturated rings. The highest BCUT2D eigenvalue weighted by molar-refractivity contribution is 5.95. The van der Waals surface area contributed by atoms with Crippen LogP contribution in [0.4, 0.5) is 0 Å². The first kappa shape index (κ1) is 17.6. The summed E-state index contributed by atoms with van der Waals surface area (Å²) in [5, 5.41) is 8.18. The van der Waals surface area contributed by atoms with Crippen molar-refractivity contribution in [3.63, 3.8) is 0 Å². The summed E-state index contributed by atoms with van der Waals surface area (Å²) in [4.78, 5) is 12.6. The van der Waals surface area contributed by atoms with E-state index in [1.54, 1.807) is 0 Å². The molecule has 0 N–H and O–H groups in total.